The Balaban J connectivity index is 2.34. The summed E-state index contributed by atoms with van der Waals surface area (Å²) in [7, 11) is 0. The monoisotopic (exact) mass is 322 g/mol. The lowest BCUT2D eigenvalue weighted by atomic mass is 9.80. The standard InChI is InChI=1S/C22H26S/c1-21(2,3)16-10-11-17-15(14-16)9-12-18(22(4,5)6)20(17)19-8-7-13-23-19/h7-14H,1-6H3. The highest BCUT2D eigenvalue weighted by atomic mass is 32.1. The molecule has 0 aliphatic rings. The number of fused-ring (bicyclic) bond motifs is 1. The van der Waals surface area contributed by atoms with Crippen LogP contribution in [-0.2, 0) is 10.8 Å². The van der Waals surface area contributed by atoms with Gasteiger partial charge in [-0.25, -0.2) is 0 Å². The second-order valence-corrected chi connectivity index (χ2v) is 9.35. The minimum atomic E-state index is 0.135. The topological polar surface area (TPSA) is 0 Å². The fourth-order valence-corrected chi connectivity index (χ4v) is 3.91. The van der Waals surface area contributed by atoms with Crippen molar-refractivity contribution < 1.29 is 0 Å². The third kappa shape index (κ3) is 3.07. The molecule has 0 fully saturated rings. The van der Waals surface area contributed by atoms with Crippen molar-refractivity contribution in [3.05, 3.63) is 59.0 Å². The number of benzene rings is 2. The van der Waals surface area contributed by atoms with Crippen LogP contribution in [0.4, 0.5) is 0 Å². The lowest BCUT2D eigenvalue weighted by Crippen LogP contribution is -2.13. The summed E-state index contributed by atoms with van der Waals surface area (Å²) in [5.74, 6) is 0. The van der Waals surface area contributed by atoms with E-state index in [2.05, 4.69) is 89.4 Å². The highest BCUT2D eigenvalue weighted by Gasteiger charge is 2.22. The second-order valence-electron chi connectivity index (χ2n) is 8.40. The molecule has 0 aliphatic heterocycles. The van der Waals surface area contributed by atoms with Crippen LogP contribution in [0.25, 0.3) is 21.2 Å². The summed E-state index contributed by atoms with van der Waals surface area (Å²) in [5, 5.41) is 4.88. The Morgan fingerprint density at radius 3 is 2.09 bits per heavy atom. The van der Waals surface area contributed by atoms with Crippen LogP contribution in [0.2, 0.25) is 0 Å². The molecule has 0 amide bonds. The van der Waals surface area contributed by atoms with Crippen LogP contribution in [0.5, 0.6) is 0 Å². The van der Waals surface area contributed by atoms with Gasteiger partial charge in [-0.3, -0.25) is 0 Å². The summed E-state index contributed by atoms with van der Waals surface area (Å²) >= 11 is 1.83. The van der Waals surface area contributed by atoms with Crippen molar-refractivity contribution in [2.45, 2.75) is 52.4 Å². The van der Waals surface area contributed by atoms with Crippen LogP contribution in [0.1, 0.15) is 52.7 Å². The van der Waals surface area contributed by atoms with E-state index in [-0.39, 0.29) is 10.8 Å². The highest BCUT2D eigenvalue weighted by molar-refractivity contribution is 7.13. The Labute approximate surface area is 144 Å². The molecule has 2 aromatic carbocycles. The normalized spacial score (nSPS) is 12.8. The molecule has 0 nitrogen and oxygen atoms in total. The van der Waals surface area contributed by atoms with Crippen LogP contribution in [-0.4, -0.2) is 0 Å². The maximum Gasteiger partial charge on any atom is 0.0351 e. The van der Waals surface area contributed by atoms with Gasteiger partial charge in [-0.1, -0.05) is 77.9 Å². The van der Waals surface area contributed by atoms with Crippen molar-refractivity contribution in [3.8, 4) is 10.4 Å². The third-order valence-electron chi connectivity index (χ3n) is 4.46. The summed E-state index contributed by atoms with van der Waals surface area (Å²) in [6.07, 6.45) is 0. The fraction of sp³-hybridized carbons (Fsp3) is 0.364. The zero-order valence-corrected chi connectivity index (χ0v) is 15.8. The number of thiophene rings is 1. The van der Waals surface area contributed by atoms with Crippen molar-refractivity contribution in [2.24, 2.45) is 0 Å². The molecule has 0 bridgehead atoms. The molecule has 0 saturated heterocycles. The quantitative estimate of drug-likeness (QED) is 0.445. The highest BCUT2D eigenvalue weighted by Crippen LogP contribution is 2.41. The molecule has 1 heterocycles. The van der Waals surface area contributed by atoms with E-state index in [9.17, 15) is 0 Å². The summed E-state index contributed by atoms with van der Waals surface area (Å²) < 4.78 is 0. The zero-order valence-electron chi connectivity index (χ0n) is 15.0. The van der Waals surface area contributed by atoms with Crippen LogP contribution in [0.3, 0.4) is 0 Å². The predicted molar refractivity (Wildman–Crippen MR) is 105 cm³/mol. The lowest BCUT2D eigenvalue weighted by Gasteiger charge is -2.25. The molecule has 1 heteroatoms. The summed E-state index contributed by atoms with van der Waals surface area (Å²) in [5.41, 5.74) is 4.54. The van der Waals surface area contributed by atoms with Crippen LogP contribution < -0.4 is 0 Å². The Morgan fingerprint density at radius 2 is 1.52 bits per heavy atom. The van der Waals surface area contributed by atoms with E-state index >= 15 is 0 Å². The van der Waals surface area contributed by atoms with Gasteiger partial charge >= 0.3 is 0 Å². The van der Waals surface area contributed by atoms with Crippen LogP contribution in [0, 0.1) is 0 Å². The first-order valence-corrected chi connectivity index (χ1v) is 9.17. The molecule has 3 rings (SSSR count). The van der Waals surface area contributed by atoms with E-state index in [1.54, 1.807) is 0 Å². The maximum absolute atomic E-state index is 2.36. The molecule has 0 unspecified atom stereocenters. The van der Waals surface area contributed by atoms with Gasteiger partial charge in [-0.15, -0.1) is 11.3 Å². The second kappa shape index (κ2) is 5.49. The molecular weight excluding hydrogens is 296 g/mol. The first-order chi connectivity index (χ1) is 10.7. The van der Waals surface area contributed by atoms with Gasteiger partial charge in [0.25, 0.3) is 0 Å². The molecule has 0 N–H and O–H groups in total. The van der Waals surface area contributed by atoms with E-state index < -0.39 is 0 Å². The fourth-order valence-electron chi connectivity index (χ4n) is 3.11. The zero-order chi connectivity index (χ0) is 16.8. The molecule has 0 atom stereocenters. The van der Waals surface area contributed by atoms with Gasteiger partial charge in [0.2, 0.25) is 0 Å². The Kier molecular flexibility index (Phi) is 3.88. The molecule has 1 aromatic heterocycles. The van der Waals surface area contributed by atoms with Crippen LogP contribution >= 0.6 is 11.3 Å². The lowest BCUT2D eigenvalue weighted by molar-refractivity contribution is 0.590. The van der Waals surface area contributed by atoms with Gasteiger partial charge < -0.3 is 0 Å². The molecule has 0 aliphatic carbocycles. The number of rotatable bonds is 1. The number of hydrogen-bond donors (Lipinski definition) is 0. The summed E-state index contributed by atoms with van der Waals surface area (Å²) in [6.45, 7) is 13.7. The molecule has 23 heavy (non-hydrogen) atoms. The smallest absolute Gasteiger partial charge is 0.0351 e. The predicted octanol–water partition coefficient (Wildman–Crippen LogP) is 7.16. The van der Waals surface area contributed by atoms with Gasteiger partial charge in [0.1, 0.15) is 0 Å². The summed E-state index contributed by atoms with van der Waals surface area (Å²) in [4.78, 5) is 1.36. The molecule has 0 radical (unpaired) electrons. The van der Waals surface area contributed by atoms with Crippen molar-refractivity contribution >= 4 is 22.1 Å². The third-order valence-corrected chi connectivity index (χ3v) is 5.35. The Morgan fingerprint density at radius 1 is 0.783 bits per heavy atom. The van der Waals surface area contributed by atoms with Gasteiger partial charge in [0, 0.05) is 10.4 Å². The molecule has 120 valence electrons. The first kappa shape index (κ1) is 16.3. The number of hydrogen-bond acceptors (Lipinski definition) is 1. The minimum Gasteiger partial charge on any atom is -0.144 e. The van der Waals surface area contributed by atoms with Crippen molar-refractivity contribution in [3.63, 3.8) is 0 Å². The van der Waals surface area contributed by atoms with Gasteiger partial charge in [0.15, 0.2) is 0 Å². The van der Waals surface area contributed by atoms with Crippen molar-refractivity contribution in [1.29, 1.82) is 0 Å². The van der Waals surface area contributed by atoms with Crippen molar-refractivity contribution in [2.75, 3.05) is 0 Å². The van der Waals surface area contributed by atoms with E-state index in [1.807, 2.05) is 11.3 Å². The van der Waals surface area contributed by atoms with Gasteiger partial charge in [0.05, 0.1) is 0 Å². The SMILES string of the molecule is CC(C)(C)c1ccc2c(-c3cccs3)c(C(C)(C)C)ccc2c1. The molecular formula is C22H26S. The van der Waals surface area contributed by atoms with Crippen molar-refractivity contribution in [1.82, 2.24) is 0 Å². The molecule has 0 saturated carbocycles. The van der Waals surface area contributed by atoms with Gasteiger partial charge in [-0.05, 0) is 44.2 Å². The van der Waals surface area contributed by atoms with E-state index in [1.165, 1.54) is 32.3 Å². The first-order valence-electron chi connectivity index (χ1n) is 8.29. The van der Waals surface area contributed by atoms with E-state index in [0.29, 0.717) is 0 Å². The van der Waals surface area contributed by atoms with Crippen LogP contribution in [0.15, 0.2) is 47.8 Å². The average molecular weight is 323 g/mol. The molecule has 3 aromatic rings. The average Bonchev–Trinajstić information content (AvgIpc) is 2.97. The minimum absolute atomic E-state index is 0.135. The van der Waals surface area contributed by atoms with Gasteiger partial charge in [-0.2, -0.15) is 0 Å². The summed E-state index contributed by atoms with van der Waals surface area (Å²) in [6, 6.07) is 16.0. The van der Waals surface area contributed by atoms with E-state index in [4.69, 9.17) is 0 Å². The largest absolute Gasteiger partial charge is 0.144 e. The Bertz CT molecular complexity index is 825. The maximum atomic E-state index is 2.36. The van der Waals surface area contributed by atoms with E-state index in [0.717, 1.165) is 0 Å². The Hall–Kier alpha value is -1.60. The molecule has 0 spiro atoms.